The third-order valence-electron chi connectivity index (χ3n) is 4.00. The molecule has 2 aromatic rings. The average Bonchev–Trinajstić information content (AvgIpc) is 2.90. The van der Waals surface area contributed by atoms with Gasteiger partial charge in [-0.2, -0.15) is 0 Å². The molecule has 1 aliphatic rings. The van der Waals surface area contributed by atoms with Crippen molar-refractivity contribution in [1.82, 2.24) is 14.3 Å². The predicted octanol–water partition coefficient (Wildman–Crippen LogP) is 0.833. The highest BCUT2D eigenvalue weighted by atomic mass is 16.5. The van der Waals surface area contributed by atoms with Crippen molar-refractivity contribution in [2.75, 3.05) is 13.7 Å². The van der Waals surface area contributed by atoms with E-state index in [1.165, 1.54) is 7.11 Å². The highest BCUT2D eigenvalue weighted by Gasteiger charge is 2.36. The number of aromatic nitrogens is 2. The van der Waals surface area contributed by atoms with Gasteiger partial charge in [0.05, 0.1) is 25.1 Å². The number of pyridine rings is 1. The van der Waals surface area contributed by atoms with Crippen LogP contribution in [0.2, 0.25) is 0 Å². The summed E-state index contributed by atoms with van der Waals surface area (Å²) in [5.74, 6) is -0.379. The molecule has 1 fully saturated rings. The number of ether oxygens (including phenoxy) is 1. The fourth-order valence-electron chi connectivity index (χ4n) is 2.96. The Labute approximate surface area is 123 Å². The van der Waals surface area contributed by atoms with Crippen LogP contribution in [0.4, 0.5) is 0 Å². The predicted molar refractivity (Wildman–Crippen MR) is 76.6 cm³/mol. The van der Waals surface area contributed by atoms with E-state index in [4.69, 9.17) is 4.74 Å². The standard InChI is InChI=1S/C15H19N3O3/c1-21-15(20)14-12(19)5-4-7-17(14)10-11-9-16-13-6-2-3-8-18(11)13/h2-3,6,8-9,12,14,19H,4-5,7,10H2,1H3. The zero-order chi connectivity index (χ0) is 14.8. The van der Waals surface area contributed by atoms with Gasteiger partial charge in [0.1, 0.15) is 11.7 Å². The molecule has 1 saturated heterocycles. The zero-order valence-electron chi connectivity index (χ0n) is 12.0. The summed E-state index contributed by atoms with van der Waals surface area (Å²) in [5, 5.41) is 10.1. The van der Waals surface area contributed by atoms with Crippen molar-refractivity contribution < 1.29 is 14.6 Å². The van der Waals surface area contributed by atoms with E-state index in [0.29, 0.717) is 13.0 Å². The first-order valence-electron chi connectivity index (χ1n) is 7.11. The van der Waals surface area contributed by atoms with E-state index in [2.05, 4.69) is 4.98 Å². The summed E-state index contributed by atoms with van der Waals surface area (Å²) >= 11 is 0. The van der Waals surface area contributed by atoms with Crippen LogP contribution in [0.3, 0.4) is 0 Å². The Bertz CT molecular complexity index is 640. The van der Waals surface area contributed by atoms with E-state index in [9.17, 15) is 9.90 Å². The molecule has 1 N–H and O–H groups in total. The van der Waals surface area contributed by atoms with Crippen molar-refractivity contribution in [1.29, 1.82) is 0 Å². The Morgan fingerprint density at radius 1 is 1.52 bits per heavy atom. The molecule has 3 heterocycles. The molecule has 0 radical (unpaired) electrons. The largest absolute Gasteiger partial charge is 0.468 e. The van der Waals surface area contributed by atoms with Gasteiger partial charge in [-0.05, 0) is 31.5 Å². The lowest BCUT2D eigenvalue weighted by molar-refractivity contribution is -0.154. The number of carbonyl (C=O) groups is 1. The molecule has 21 heavy (non-hydrogen) atoms. The number of nitrogens with zero attached hydrogens (tertiary/aromatic N) is 3. The van der Waals surface area contributed by atoms with E-state index < -0.39 is 12.1 Å². The van der Waals surface area contributed by atoms with E-state index in [0.717, 1.165) is 24.3 Å². The number of rotatable bonds is 3. The van der Waals surface area contributed by atoms with E-state index in [-0.39, 0.29) is 5.97 Å². The highest BCUT2D eigenvalue weighted by Crippen LogP contribution is 2.21. The Morgan fingerprint density at radius 3 is 3.19 bits per heavy atom. The molecular weight excluding hydrogens is 270 g/mol. The summed E-state index contributed by atoms with van der Waals surface area (Å²) in [7, 11) is 1.36. The van der Waals surface area contributed by atoms with E-state index >= 15 is 0 Å². The normalized spacial score (nSPS) is 23.3. The first kappa shape index (κ1) is 14.0. The Kier molecular flexibility index (Phi) is 3.90. The summed E-state index contributed by atoms with van der Waals surface area (Å²) in [6, 6.07) is 5.22. The number of methoxy groups -OCH3 is 1. The minimum absolute atomic E-state index is 0.379. The first-order chi connectivity index (χ1) is 10.2. The summed E-state index contributed by atoms with van der Waals surface area (Å²) in [5.41, 5.74) is 1.87. The van der Waals surface area contributed by atoms with Crippen LogP contribution in [0.1, 0.15) is 18.5 Å². The lowest BCUT2D eigenvalue weighted by Crippen LogP contribution is -2.52. The van der Waals surface area contributed by atoms with Crippen molar-refractivity contribution in [3.05, 3.63) is 36.3 Å². The first-order valence-corrected chi connectivity index (χ1v) is 7.11. The molecule has 1 aliphatic heterocycles. The number of hydrogen-bond donors (Lipinski definition) is 1. The summed E-state index contributed by atoms with van der Waals surface area (Å²) < 4.78 is 6.83. The van der Waals surface area contributed by atoms with Gasteiger partial charge in [0.15, 0.2) is 0 Å². The molecule has 0 aromatic carbocycles. The number of carbonyl (C=O) groups excluding carboxylic acids is 1. The molecule has 0 bridgehead atoms. The van der Waals surface area contributed by atoms with Crippen LogP contribution < -0.4 is 0 Å². The number of aliphatic hydroxyl groups excluding tert-OH is 1. The second kappa shape index (κ2) is 5.83. The Morgan fingerprint density at radius 2 is 2.38 bits per heavy atom. The Hall–Kier alpha value is -1.92. The number of likely N-dealkylation sites (tertiary alicyclic amines) is 1. The molecule has 6 nitrogen and oxygen atoms in total. The van der Waals surface area contributed by atoms with Gasteiger partial charge >= 0.3 is 5.97 Å². The fourth-order valence-corrected chi connectivity index (χ4v) is 2.96. The molecule has 6 heteroatoms. The van der Waals surface area contributed by atoms with Crippen molar-refractivity contribution in [3.63, 3.8) is 0 Å². The third-order valence-corrected chi connectivity index (χ3v) is 4.00. The van der Waals surface area contributed by atoms with Gasteiger partial charge in [0.25, 0.3) is 0 Å². The Balaban J connectivity index is 1.86. The molecular formula is C15H19N3O3. The molecule has 0 spiro atoms. The zero-order valence-corrected chi connectivity index (χ0v) is 12.0. The number of hydrogen-bond acceptors (Lipinski definition) is 5. The van der Waals surface area contributed by atoms with Crippen LogP contribution in [-0.4, -0.2) is 51.2 Å². The topological polar surface area (TPSA) is 67.1 Å². The van der Waals surface area contributed by atoms with Gasteiger partial charge in [-0.15, -0.1) is 0 Å². The molecule has 2 atom stereocenters. The number of esters is 1. The number of piperidine rings is 1. The lowest BCUT2D eigenvalue weighted by Gasteiger charge is -2.36. The van der Waals surface area contributed by atoms with Crippen LogP contribution in [-0.2, 0) is 16.1 Å². The van der Waals surface area contributed by atoms with Gasteiger partial charge in [0, 0.05) is 12.7 Å². The second-order valence-corrected chi connectivity index (χ2v) is 5.33. The van der Waals surface area contributed by atoms with Crippen LogP contribution >= 0.6 is 0 Å². The maximum Gasteiger partial charge on any atom is 0.325 e. The van der Waals surface area contributed by atoms with Crippen LogP contribution in [0, 0.1) is 0 Å². The quantitative estimate of drug-likeness (QED) is 0.848. The molecule has 0 aliphatic carbocycles. The van der Waals surface area contributed by atoms with Crippen molar-refractivity contribution >= 4 is 11.6 Å². The SMILES string of the molecule is COC(=O)C1C(O)CCCN1Cc1cnc2ccccn12. The van der Waals surface area contributed by atoms with Crippen molar-refractivity contribution in [2.24, 2.45) is 0 Å². The molecule has 3 rings (SSSR count). The number of aliphatic hydroxyl groups is 1. The van der Waals surface area contributed by atoms with Crippen LogP contribution in [0.5, 0.6) is 0 Å². The average molecular weight is 289 g/mol. The monoisotopic (exact) mass is 289 g/mol. The lowest BCUT2D eigenvalue weighted by atomic mass is 9.98. The highest BCUT2D eigenvalue weighted by molar-refractivity contribution is 5.76. The second-order valence-electron chi connectivity index (χ2n) is 5.33. The van der Waals surface area contributed by atoms with Gasteiger partial charge in [0.2, 0.25) is 0 Å². The number of imidazole rings is 1. The molecule has 0 amide bonds. The summed E-state index contributed by atoms with van der Waals surface area (Å²) in [6.07, 6.45) is 4.58. The van der Waals surface area contributed by atoms with Crippen molar-refractivity contribution in [2.45, 2.75) is 31.5 Å². The minimum atomic E-state index is -0.676. The van der Waals surface area contributed by atoms with E-state index in [1.54, 1.807) is 0 Å². The molecule has 2 unspecified atom stereocenters. The molecule has 0 saturated carbocycles. The molecule has 2 aromatic heterocycles. The van der Waals surface area contributed by atoms with Gasteiger partial charge in [-0.25, -0.2) is 4.98 Å². The maximum atomic E-state index is 11.9. The third kappa shape index (κ3) is 2.64. The van der Waals surface area contributed by atoms with Gasteiger partial charge in [-0.1, -0.05) is 6.07 Å². The number of fused-ring (bicyclic) bond motifs is 1. The van der Waals surface area contributed by atoms with Crippen LogP contribution in [0.25, 0.3) is 5.65 Å². The van der Waals surface area contributed by atoms with Crippen molar-refractivity contribution in [3.8, 4) is 0 Å². The smallest absolute Gasteiger partial charge is 0.325 e. The fraction of sp³-hybridized carbons (Fsp3) is 0.467. The summed E-state index contributed by atoms with van der Waals surface area (Å²) in [6.45, 7) is 1.32. The maximum absolute atomic E-state index is 11.9. The van der Waals surface area contributed by atoms with E-state index in [1.807, 2.05) is 39.9 Å². The van der Waals surface area contributed by atoms with Gasteiger partial charge < -0.3 is 14.2 Å². The van der Waals surface area contributed by atoms with Crippen LogP contribution in [0.15, 0.2) is 30.6 Å². The minimum Gasteiger partial charge on any atom is -0.468 e. The molecule has 112 valence electrons. The summed E-state index contributed by atoms with van der Waals surface area (Å²) in [4.78, 5) is 18.3. The van der Waals surface area contributed by atoms with Gasteiger partial charge in [-0.3, -0.25) is 9.69 Å².